The van der Waals surface area contributed by atoms with Gasteiger partial charge in [-0.2, -0.15) is 10.6 Å². The van der Waals surface area contributed by atoms with Crippen molar-refractivity contribution in [3.05, 3.63) is 127 Å². The topological polar surface area (TPSA) is 29.9 Å². The molecule has 0 unspecified atom stereocenters. The van der Waals surface area contributed by atoms with E-state index in [9.17, 15) is 0 Å². The number of thiophene rings is 2. The third kappa shape index (κ3) is 4.84. The Bertz CT molecular complexity index is 2330. The van der Waals surface area contributed by atoms with E-state index in [4.69, 9.17) is 12.6 Å². The molecular formula is C37H24N2S3Y-2. The quantitative estimate of drug-likeness (QED) is 0.181. The van der Waals surface area contributed by atoms with Crippen LogP contribution in [-0.4, -0.2) is 12.0 Å². The smallest absolute Gasteiger partial charge is 0.0472 e. The summed E-state index contributed by atoms with van der Waals surface area (Å²) in [6, 6.07) is 42.8. The Balaban J connectivity index is 0.000000137. The fraction of sp³-hybridized carbons (Fsp3) is 0.0270. The van der Waals surface area contributed by atoms with Crippen molar-refractivity contribution >= 4 is 103 Å². The zero-order valence-corrected chi connectivity index (χ0v) is 28.6. The van der Waals surface area contributed by atoms with Crippen LogP contribution in [0.2, 0.25) is 0 Å². The maximum Gasteiger partial charge on any atom is 0.0472 e. The second kappa shape index (κ2) is 11.6. The van der Waals surface area contributed by atoms with E-state index in [0.29, 0.717) is 0 Å². The summed E-state index contributed by atoms with van der Waals surface area (Å²) in [6.45, 7) is 0. The molecule has 205 valence electrons. The Morgan fingerprint density at radius 3 is 1.95 bits per heavy atom. The molecule has 1 radical (unpaired) electrons. The second-order valence-electron chi connectivity index (χ2n) is 10.3. The van der Waals surface area contributed by atoms with Crippen LogP contribution in [0.4, 0.5) is 5.69 Å². The summed E-state index contributed by atoms with van der Waals surface area (Å²) in [7, 11) is 1.82. The van der Waals surface area contributed by atoms with Crippen molar-refractivity contribution in [2.24, 2.45) is 0 Å². The average molecular weight is 682 g/mol. The minimum Gasteiger partial charge on any atom is -0.780 e. The van der Waals surface area contributed by atoms with Crippen molar-refractivity contribution in [1.82, 2.24) is 4.98 Å². The minimum atomic E-state index is 0. The van der Waals surface area contributed by atoms with E-state index in [-0.39, 0.29) is 32.7 Å². The zero-order valence-electron chi connectivity index (χ0n) is 23.3. The number of hydrogen-bond acceptors (Lipinski definition) is 3. The number of H-pyrrole nitrogens is 1. The Morgan fingerprint density at radius 1 is 0.558 bits per heavy atom. The molecule has 0 aliphatic rings. The van der Waals surface area contributed by atoms with Gasteiger partial charge in [0.1, 0.15) is 0 Å². The van der Waals surface area contributed by atoms with Crippen LogP contribution in [0.15, 0.2) is 126 Å². The molecule has 1 N–H and O–H groups in total. The summed E-state index contributed by atoms with van der Waals surface area (Å²) in [5, 5.41) is 12.2. The maximum absolute atomic E-state index is 5.77. The van der Waals surface area contributed by atoms with E-state index in [0.717, 1.165) is 27.1 Å². The van der Waals surface area contributed by atoms with Crippen molar-refractivity contribution in [3.8, 4) is 11.1 Å². The first-order chi connectivity index (χ1) is 20.7. The van der Waals surface area contributed by atoms with Gasteiger partial charge in [0, 0.05) is 84.1 Å². The van der Waals surface area contributed by atoms with Crippen LogP contribution in [0, 0.1) is 0 Å². The number of rotatable bonds is 2. The summed E-state index contributed by atoms with van der Waals surface area (Å²) in [6.07, 6.45) is 0. The van der Waals surface area contributed by atoms with Crippen LogP contribution in [0.25, 0.3) is 78.6 Å². The zero-order chi connectivity index (χ0) is 28.2. The van der Waals surface area contributed by atoms with Gasteiger partial charge in [0.25, 0.3) is 0 Å². The molecule has 0 bridgehead atoms. The van der Waals surface area contributed by atoms with E-state index >= 15 is 0 Å². The summed E-state index contributed by atoms with van der Waals surface area (Å²) in [4.78, 5) is 4.39. The largest absolute Gasteiger partial charge is 0.780 e. The molecule has 0 aliphatic carbocycles. The van der Waals surface area contributed by atoms with Crippen molar-refractivity contribution in [2.45, 2.75) is 4.90 Å². The van der Waals surface area contributed by atoms with E-state index in [2.05, 4.69) is 113 Å². The van der Waals surface area contributed by atoms with Gasteiger partial charge in [-0.1, -0.05) is 84.9 Å². The van der Waals surface area contributed by atoms with Crippen molar-refractivity contribution < 1.29 is 32.7 Å². The van der Waals surface area contributed by atoms with Gasteiger partial charge in [0.2, 0.25) is 0 Å². The van der Waals surface area contributed by atoms with Crippen molar-refractivity contribution in [3.63, 3.8) is 0 Å². The van der Waals surface area contributed by atoms with E-state index < -0.39 is 0 Å². The molecule has 0 aliphatic heterocycles. The fourth-order valence-corrected chi connectivity index (χ4v) is 8.74. The van der Waals surface area contributed by atoms with Gasteiger partial charge in [-0.25, -0.2) is 0 Å². The van der Waals surface area contributed by atoms with Crippen molar-refractivity contribution in [2.75, 3.05) is 7.05 Å². The van der Waals surface area contributed by atoms with Crippen LogP contribution in [-0.2, 0) is 45.3 Å². The number of nitrogens with one attached hydrogen (secondary N) is 1. The van der Waals surface area contributed by atoms with E-state index in [1.165, 1.54) is 56.8 Å². The van der Waals surface area contributed by atoms with Crippen LogP contribution in [0.5, 0.6) is 0 Å². The van der Waals surface area contributed by atoms with Gasteiger partial charge in [0.05, 0.1) is 0 Å². The van der Waals surface area contributed by atoms with Gasteiger partial charge >= 0.3 is 0 Å². The Kier molecular flexibility index (Phi) is 7.71. The predicted molar refractivity (Wildman–Crippen MR) is 188 cm³/mol. The summed E-state index contributed by atoms with van der Waals surface area (Å²) < 4.78 is 5.23. The van der Waals surface area contributed by atoms with E-state index in [1.54, 1.807) is 11.3 Å². The van der Waals surface area contributed by atoms with Crippen LogP contribution < -0.4 is 0 Å². The number of para-hydroxylation sites is 1. The Labute approximate surface area is 288 Å². The standard InChI is InChI=1S/C19H14NS2.C18H11NS.Y/c1-20-18-14(12-7-3-2-4-8-12)11-16-17(19(18)21)13-9-5-6-10-15(13)22-16;1-3-7-15-11(5-1)13-10-18-14(9-16(13)19-15)12-6-2-4-8-17(12)20-18;/h2-11,21H,1H3;1-10,19H;/q-1;;/p-1. The summed E-state index contributed by atoms with van der Waals surface area (Å²) in [5.74, 6) is 0. The predicted octanol–water partition coefficient (Wildman–Crippen LogP) is 11.9. The molecule has 3 heterocycles. The fourth-order valence-electron chi connectivity index (χ4n) is 5.97. The monoisotopic (exact) mass is 681 g/mol. The van der Waals surface area contributed by atoms with E-state index in [1.807, 2.05) is 36.6 Å². The van der Waals surface area contributed by atoms with Gasteiger partial charge in [-0.15, -0.1) is 29.7 Å². The molecule has 0 saturated heterocycles. The number of aromatic nitrogens is 1. The molecule has 3 aromatic heterocycles. The molecule has 0 saturated carbocycles. The maximum atomic E-state index is 5.77. The van der Waals surface area contributed by atoms with Crippen LogP contribution in [0.3, 0.4) is 0 Å². The molecule has 0 atom stereocenters. The Hall–Kier alpha value is -3.32. The summed E-state index contributed by atoms with van der Waals surface area (Å²) >= 11 is 9.44. The molecular weight excluding hydrogens is 658 g/mol. The molecule has 6 aromatic carbocycles. The van der Waals surface area contributed by atoms with Crippen LogP contribution in [0.1, 0.15) is 0 Å². The minimum absolute atomic E-state index is 0. The number of benzene rings is 6. The SMILES string of the molecule is C[N-]c1c(-c2ccccc2)cc2sc3ccccc3c2c1[S-].[Y].c1ccc2c(c1)[nH]c1cc3c(cc12)sc1ccccc13. The third-order valence-electron chi connectivity index (χ3n) is 7.91. The van der Waals surface area contributed by atoms with Gasteiger partial charge in [-0.3, -0.25) is 0 Å². The molecule has 2 nitrogen and oxygen atoms in total. The number of aromatic amines is 1. The molecule has 43 heavy (non-hydrogen) atoms. The Morgan fingerprint density at radius 2 is 1.19 bits per heavy atom. The van der Waals surface area contributed by atoms with Gasteiger partial charge in [0.15, 0.2) is 0 Å². The number of fused-ring (bicyclic) bond motifs is 9. The normalized spacial score (nSPS) is 11.3. The summed E-state index contributed by atoms with van der Waals surface area (Å²) in [5.41, 5.74) is 5.63. The third-order valence-corrected chi connectivity index (χ3v) is 10.6. The van der Waals surface area contributed by atoms with Gasteiger partial charge in [-0.05, 0) is 58.3 Å². The first kappa shape index (κ1) is 28.5. The molecule has 6 heteroatoms. The van der Waals surface area contributed by atoms with Crippen LogP contribution >= 0.6 is 22.7 Å². The molecule has 0 fully saturated rings. The molecule has 0 amide bonds. The number of hydrogen-bond donors (Lipinski definition) is 1. The second-order valence-corrected chi connectivity index (χ2v) is 12.9. The van der Waals surface area contributed by atoms with Gasteiger partial charge < -0.3 is 22.9 Å². The molecule has 9 rings (SSSR count). The molecule has 0 spiro atoms. The first-order valence-electron chi connectivity index (χ1n) is 13.8. The first-order valence-corrected chi connectivity index (χ1v) is 15.9. The van der Waals surface area contributed by atoms with Crippen molar-refractivity contribution in [1.29, 1.82) is 0 Å². The average Bonchev–Trinajstić information content (AvgIpc) is 3.71. The molecule has 9 aromatic rings. The number of nitrogens with zero attached hydrogens (tertiary/aromatic N) is 1.